The fourth-order valence-electron chi connectivity index (χ4n) is 1.43. The van der Waals surface area contributed by atoms with Crippen LogP contribution in [0.2, 0.25) is 5.02 Å². The normalized spacial score (nSPS) is 10.6. The van der Waals surface area contributed by atoms with Gasteiger partial charge in [0.25, 0.3) is 5.91 Å². The highest BCUT2D eigenvalue weighted by molar-refractivity contribution is 6.31. The van der Waals surface area contributed by atoms with Crippen molar-refractivity contribution in [3.63, 3.8) is 0 Å². The topological polar surface area (TPSA) is 104 Å². The van der Waals surface area contributed by atoms with Crippen LogP contribution in [0.4, 0.5) is 0 Å². The molecule has 0 atom stereocenters. The number of hydrogen-bond acceptors (Lipinski definition) is 5. The average molecular weight is 270 g/mol. The van der Waals surface area contributed by atoms with Gasteiger partial charge in [0, 0.05) is 0 Å². The predicted molar refractivity (Wildman–Crippen MR) is 63.6 cm³/mol. The van der Waals surface area contributed by atoms with Crippen molar-refractivity contribution in [1.82, 2.24) is 30.2 Å². The number of carbonyl (C=O) groups is 1. The van der Waals surface area contributed by atoms with E-state index in [1.54, 1.807) is 15.6 Å². The number of nitrogens with zero attached hydrogens (tertiary/aromatic N) is 5. The molecule has 9 heteroatoms. The summed E-state index contributed by atoms with van der Waals surface area (Å²) in [5, 5.41) is 12.2. The summed E-state index contributed by atoms with van der Waals surface area (Å²) in [5.74, 6) is 4.52. The minimum absolute atomic E-state index is 0.174. The average Bonchev–Trinajstić information content (AvgIpc) is 2.96. The number of aryl methyl sites for hydroxylation is 2. The van der Waals surface area contributed by atoms with Crippen molar-refractivity contribution in [3.05, 3.63) is 28.8 Å². The van der Waals surface area contributed by atoms with Crippen LogP contribution in [0.15, 0.2) is 12.4 Å². The first-order valence-electron chi connectivity index (χ1n) is 5.21. The summed E-state index contributed by atoms with van der Waals surface area (Å²) in [5.41, 5.74) is 3.05. The Morgan fingerprint density at radius 2 is 2.33 bits per heavy atom. The Morgan fingerprint density at radius 1 is 1.56 bits per heavy atom. The SMILES string of the molecule is Cc1c(Cl)cnn1CCn1cc(C(=O)NN)nn1. The zero-order valence-corrected chi connectivity index (χ0v) is 10.4. The summed E-state index contributed by atoms with van der Waals surface area (Å²) >= 11 is 5.89. The van der Waals surface area contributed by atoms with E-state index in [0.29, 0.717) is 18.1 Å². The van der Waals surface area contributed by atoms with Crippen molar-refractivity contribution in [3.8, 4) is 0 Å². The van der Waals surface area contributed by atoms with Crippen LogP contribution in [0.25, 0.3) is 0 Å². The van der Waals surface area contributed by atoms with Crippen molar-refractivity contribution in [2.45, 2.75) is 20.0 Å². The highest BCUT2D eigenvalue weighted by Crippen LogP contribution is 2.12. The number of nitrogens with two attached hydrogens (primary N) is 1. The fourth-order valence-corrected chi connectivity index (χ4v) is 1.57. The van der Waals surface area contributed by atoms with E-state index in [9.17, 15) is 4.79 Å². The highest BCUT2D eigenvalue weighted by Gasteiger charge is 2.09. The molecule has 0 saturated carbocycles. The number of rotatable bonds is 4. The first kappa shape index (κ1) is 12.5. The molecule has 0 bridgehead atoms. The van der Waals surface area contributed by atoms with Gasteiger partial charge in [0.15, 0.2) is 5.69 Å². The molecule has 96 valence electrons. The lowest BCUT2D eigenvalue weighted by Crippen LogP contribution is -2.30. The first-order chi connectivity index (χ1) is 8.61. The van der Waals surface area contributed by atoms with E-state index in [1.807, 2.05) is 12.3 Å². The van der Waals surface area contributed by atoms with Gasteiger partial charge in [-0.1, -0.05) is 16.8 Å². The van der Waals surface area contributed by atoms with Gasteiger partial charge in [-0.2, -0.15) is 5.10 Å². The molecule has 2 aromatic heterocycles. The molecule has 0 aliphatic carbocycles. The van der Waals surface area contributed by atoms with Crippen molar-refractivity contribution >= 4 is 17.5 Å². The molecule has 8 nitrogen and oxygen atoms in total. The molecule has 2 aromatic rings. The third kappa shape index (κ3) is 2.49. The smallest absolute Gasteiger partial charge is 0.287 e. The lowest BCUT2D eigenvalue weighted by molar-refractivity contribution is 0.0948. The largest absolute Gasteiger partial charge is 0.289 e. The second-order valence-corrected chi connectivity index (χ2v) is 4.05. The van der Waals surface area contributed by atoms with Gasteiger partial charge in [-0.3, -0.25) is 14.9 Å². The molecule has 0 aliphatic rings. The van der Waals surface area contributed by atoms with Crippen LogP contribution < -0.4 is 11.3 Å². The summed E-state index contributed by atoms with van der Waals surface area (Å²) in [4.78, 5) is 11.2. The van der Waals surface area contributed by atoms with Crippen LogP contribution in [-0.2, 0) is 13.1 Å². The fraction of sp³-hybridized carbons (Fsp3) is 0.333. The van der Waals surface area contributed by atoms with Crippen molar-refractivity contribution in [2.75, 3.05) is 0 Å². The monoisotopic (exact) mass is 269 g/mol. The third-order valence-electron chi connectivity index (χ3n) is 2.49. The number of aromatic nitrogens is 5. The Kier molecular flexibility index (Phi) is 3.58. The second-order valence-electron chi connectivity index (χ2n) is 3.64. The van der Waals surface area contributed by atoms with Crippen LogP contribution in [0.5, 0.6) is 0 Å². The maximum Gasteiger partial charge on any atom is 0.287 e. The predicted octanol–water partition coefficient (Wildman–Crippen LogP) is -0.260. The number of hydrazine groups is 1. The summed E-state index contributed by atoms with van der Waals surface area (Å²) < 4.78 is 3.30. The number of halogens is 1. The van der Waals surface area contributed by atoms with Gasteiger partial charge in [0.05, 0.1) is 36.2 Å². The maximum absolute atomic E-state index is 11.2. The summed E-state index contributed by atoms with van der Waals surface area (Å²) in [6.07, 6.45) is 3.11. The summed E-state index contributed by atoms with van der Waals surface area (Å²) in [6.45, 7) is 3.00. The number of amides is 1. The van der Waals surface area contributed by atoms with Gasteiger partial charge >= 0.3 is 0 Å². The molecular formula is C9H12ClN7O. The molecule has 0 saturated heterocycles. The molecule has 2 rings (SSSR count). The quantitative estimate of drug-likeness (QED) is 0.452. The first-order valence-corrected chi connectivity index (χ1v) is 5.58. The zero-order valence-electron chi connectivity index (χ0n) is 9.67. The molecule has 2 heterocycles. The molecule has 0 aliphatic heterocycles. The maximum atomic E-state index is 11.2. The van der Waals surface area contributed by atoms with Crippen molar-refractivity contribution in [2.24, 2.45) is 5.84 Å². The number of nitrogen functional groups attached to an aromatic ring is 1. The highest BCUT2D eigenvalue weighted by atomic mass is 35.5. The van der Waals surface area contributed by atoms with Gasteiger partial charge in [-0.25, -0.2) is 10.5 Å². The molecular weight excluding hydrogens is 258 g/mol. The van der Waals surface area contributed by atoms with E-state index < -0.39 is 5.91 Å². The molecule has 0 radical (unpaired) electrons. The second kappa shape index (κ2) is 5.15. The van der Waals surface area contributed by atoms with Gasteiger partial charge in [0.2, 0.25) is 0 Å². The molecule has 0 spiro atoms. The molecule has 0 unspecified atom stereocenters. The van der Waals surface area contributed by atoms with Gasteiger partial charge in [-0.15, -0.1) is 5.10 Å². The summed E-state index contributed by atoms with van der Waals surface area (Å²) in [7, 11) is 0. The standard InChI is InChI=1S/C9H12ClN7O/c1-6-7(10)4-12-17(6)3-2-16-5-8(14-15-16)9(18)13-11/h4-5H,2-3,11H2,1H3,(H,13,18). The minimum Gasteiger partial charge on any atom is -0.289 e. The van der Waals surface area contributed by atoms with Crippen molar-refractivity contribution < 1.29 is 4.79 Å². The van der Waals surface area contributed by atoms with Gasteiger partial charge < -0.3 is 0 Å². The summed E-state index contributed by atoms with van der Waals surface area (Å²) in [6, 6.07) is 0. The number of carbonyl (C=O) groups excluding carboxylic acids is 1. The number of nitrogens with one attached hydrogen (secondary N) is 1. The Hall–Kier alpha value is -1.93. The molecule has 0 aromatic carbocycles. The Bertz CT molecular complexity index is 561. The minimum atomic E-state index is -0.473. The van der Waals surface area contributed by atoms with Crippen molar-refractivity contribution in [1.29, 1.82) is 0 Å². The Morgan fingerprint density at radius 3 is 2.94 bits per heavy atom. The van der Waals surface area contributed by atoms with Crippen LogP contribution in [0.1, 0.15) is 16.2 Å². The Balaban J connectivity index is 2.00. The van der Waals surface area contributed by atoms with Gasteiger partial charge in [-0.05, 0) is 6.92 Å². The van der Waals surface area contributed by atoms with E-state index in [2.05, 4.69) is 15.4 Å². The van der Waals surface area contributed by atoms with Crippen LogP contribution >= 0.6 is 11.6 Å². The number of hydrogen-bond donors (Lipinski definition) is 2. The van der Waals surface area contributed by atoms with E-state index in [0.717, 1.165) is 5.69 Å². The van der Waals surface area contributed by atoms with Crippen LogP contribution in [0.3, 0.4) is 0 Å². The van der Waals surface area contributed by atoms with Crippen LogP contribution in [-0.4, -0.2) is 30.7 Å². The zero-order chi connectivity index (χ0) is 13.1. The Labute approximate surface area is 108 Å². The van der Waals surface area contributed by atoms with E-state index in [-0.39, 0.29) is 5.69 Å². The molecule has 1 amide bonds. The van der Waals surface area contributed by atoms with Gasteiger partial charge in [0.1, 0.15) is 0 Å². The lowest BCUT2D eigenvalue weighted by atomic mass is 10.4. The lowest BCUT2D eigenvalue weighted by Gasteiger charge is -2.03. The molecule has 3 N–H and O–H groups in total. The van der Waals surface area contributed by atoms with Crippen LogP contribution in [0, 0.1) is 6.92 Å². The van der Waals surface area contributed by atoms with E-state index in [4.69, 9.17) is 17.4 Å². The molecule has 0 fully saturated rings. The third-order valence-corrected chi connectivity index (χ3v) is 2.86. The van der Waals surface area contributed by atoms with E-state index in [1.165, 1.54) is 6.20 Å². The molecule has 18 heavy (non-hydrogen) atoms. The van der Waals surface area contributed by atoms with E-state index >= 15 is 0 Å².